The van der Waals surface area contributed by atoms with Gasteiger partial charge in [-0.05, 0) is 24.7 Å². The molecule has 1 N–H and O–H groups in total. The van der Waals surface area contributed by atoms with Gasteiger partial charge in [0.1, 0.15) is 0 Å². The van der Waals surface area contributed by atoms with Gasteiger partial charge in [0, 0.05) is 13.0 Å². The second kappa shape index (κ2) is 7.98. The molecule has 1 unspecified atom stereocenters. The Hall–Kier alpha value is -0.240. The first-order valence-electron chi connectivity index (χ1n) is 5.82. The number of nitrogens with one attached hydrogen (secondary N) is 1. The van der Waals surface area contributed by atoms with E-state index in [0.29, 0.717) is 24.8 Å². The molecule has 90 valence electrons. The fourth-order valence-corrected chi connectivity index (χ4v) is 1.76. The second-order valence-corrected chi connectivity index (χ2v) is 5.58. The van der Waals surface area contributed by atoms with E-state index in [0.717, 1.165) is 12.8 Å². The van der Waals surface area contributed by atoms with Crippen molar-refractivity contribution in [1.82, 2.24) is 5.32 Å². The zero-order chi connectivity index (χ0) is 11.8. The highest BCUT2D eigenvalue weighted by Gasteiger charge is 2.09. The van der Waals surface area contributed by atoms with Crippen LogP contribution in [0.4, 0.5) is 0 Å². The monoisotopic (exact) mass is 233 g/mol. The van der Waals surface area contributed by atoms with Gasteiger partial charge in [0.25, 0.3) is 0 Å². The van der Waals surface area contributed by atoms with Crippen LogP contribution in [0.15, 0.2) is 0 Å². The van der Waals surface area contributed by atoms with E-state index < -0.39 is 0 Å². The van der Waals surface area contributed by atoms with Gasteiger partial charge in [0.2, 0.25) is 5.91 Å². The Morgan fingerprint density at radius 3 is 2.27 bits per heavy atom. The van der Waals surface area contributed by atoms with Crippen LogP contribution in [0.1, 0.15) is 47.0 Å². The first-order valence-corrected chi connectivity index (χ1v) is 6.26. The molecular formula is C12H24ClNO. The summed E-state index contributed by atoms with van der Waals surface area (Å²) in [5.41, 5.74) is 0. The summed E-state index contributed by atoms with van der Waals surface area (Å²) < 4.78 is 0. The largest absolute Gasteiger partial charge is 0.355 e. The maximum atomic E-state index is 11.4. The molecular weight excluding hydrogens is 210 g/mol. The number of rotatable bonds is 7. The molecule has 0 aromatic heterocycles. The molecule has 0 aliphatic heterocycles. The molecule has 0 aliphatic carbocycles. The first kappa shape index (κ1) is 14.8. The molecule has 0 aliphatic rings. The maximum Gasteiger partial charge on any atom is 0.220 e. The molecule has 15 heavy (non-hydrogen) atoms. The standard InChI is InChI=1S/C12H24ClNO/c1-9(2)5-6-12(15)14-8-11(13)7-10(3)4/h9-11H,5-8H2,1-4H3,(H,14,15). The summed E-state index contributed by atoms with van der Waals surface area (Å²) in [5, 5.41) is 2.94. The van der Waals surface area contributed by atoms with Crippen molar-refractivity contribution < 1.29 is 4.79 Å². The third kappa shape index (κ3) is 10.1. The van der Waals surface area contributed by atoms with Gasteiger partial charge in [0.15, 0.2) is 0 Å². The van der Waals surface area contributed by atoms with E-state index in [1.807, 2.05) is 0 Å². The average molecular weight is 234 g/mol. The lowest BCUT2D eigenvalue weighted by molar-refractivity contribution is -0.121. The number of amides is 1. The molecule has 0 saturated carbocycles. The summed E-state index contributed by atoms with van der Waals surface area (Å²) in [6.07, 6.45) is 2.51. The molecule has 0 radical (unpaired) electrons. The van der Waals surface area contributed by atoms with Gasteiger partial charge in [-0.1, -0.05) is 27.7 Å². The summed E-state index contributed by atoms with van der Waals surface area (Å²) in [6.45, 7) is 9.11. The molecule has 0 heterocycles. The van der Waals surface area contributed by atoms with Crippen molar-refractivity contribution in [3.63, 3.8) is 0 Å². The van der Waals surface area contributed by atoms with Crippen LogP contribution in [0.5, 0.6) is 0 Å². The lowest BCUT2D eigenvalue weighted by Crippen LogP contribution is -2.30. The summed E-state index contributed by atoms with van der Waals surface area (Å²) in [7, 11) is 0. The summed E-state index contributed by atoms with van der Waals surface area (Å²) in [5.74, 6) is 1.29. The van der Waals surface area contributed by atoms with Gasteiger partial charge in [0.05, 0.1) is 5.38 Å². The Balaban J connectivity index is 3.53. The van der Waals surface area contributed by atoms with E-state index in [2.05, 4.69) is 33.0 Å². The average Bonchev–Trinajstić information content (AvgIpc) is 2.10. The molecule has 0 aromatic carbocycles. The highest BCUT2D eigenvalue weighted by atomic mass is 35.5. The number of carbonyl (C=O) groups excluding carboxylic acids is 1. The topological polar surface area (TPSA) is 29.1 Å². The Kier molecular flexibility index (Phi) is 7.85. The van der Waals surface area contributed by atoms with E-state index in [4.69, 9.17) is 11.6 Å². The van der Waals surface area contributed by atoms with Crippen LogP contribution < -0.4 is 5.32 Å². The SMILES string of the molecule is CC(C)CCC(=O)NCC(Cl)CC(C)C. The van der Waals surface area contributed by atoms with Crippen LogP contribution in [-0.2, 0) is 4.79 Å². The highest BCUT2D eigenvalue weighted by Crippen LogP contribution is 2.09. The minimum absolute atomic E-state index is 0.0630. The predicted octanol–water partition coefficient (Wildman–Crippen LogP) is 3.19. The second-order valence-electron chi connectivity index (χ2n) is 4.96. The lowest BCUT2D eigenvalue weighted by Gasteiger charge is -2.13. The molecule has 0 spiro atoms. The van der Waals surface area contributed by atoms with Gasteiger partial charge in [-0.25, -0.2) is 0 Å². The molecule has 1 amide bonds. The number of alkyl halides is 1. The lowest BCUT2D eigenvalue weighted by atomic mass is 10.1. The fraction of sp³-hybridized carbons (Fsp3) is 0.917. The molecule has 2 nitrogen and oxygen atoms in total. The maximum absolute atomic E-state index is 11.4. The van der Waals surface area contributed by atoms with Crippen LogP contribution in [0.2, 0.25) is 0 Å². The van der Waals surface area contributed by atoms with Crippen LogP contribution in [-0.4, -0.2) is 17.8 Å². The number of carbonyl (C=O) groups is 1. The third-order valence-corrected chi connectivity index (χ3v) is 2.53. The first-order chi connectivity index (χ1) is 6.91. The van der Waals surface area contributed by atoms with Gasteiger partial charge >= 0.3 is 0 Å². The van der Waals surface area contributed by atoms with Crippen molar-refractivity contribution in [1.29, 1.82) is 0 Å². The van der Waals surface area contributed by atoms with Crippen molar-refractivity contribution >= 4 is 17.5 Å². The normalized spacial score (nSPS) is 13.3. The summed E-state index contributed by atoms with van der Waals surface area (Å²) >= 11 is 6.07. The highest BCUT2D eigenvalue weighted by molar-refractivity contribution is 6.20. The van der Waals surface area contributed by atoms with E-state index >= 15 is 0 Å². The van der Waals surface area contributed by atoms with Crippen LogP contribution in [0.3, 0.4) is 0 Å². The Morgan fingerprint density at radius 2 is 1.80 bits per heavy atom. The van der Waals surface area contributed by atoms with Crippen molar-refractivity contribution in [2.45, 2.75) is 52.3 Å². The van der Waals surface area contributed by atoms with E-state index in [1.165, 1.54) is 0 Å². The molecule has 0 fully saturated rings. The molecule has 0 rings (SSSR count). The van der Waals surface area contributed by atoms with Gasteiger partial charge in [-0.2, -0.15) is 0 Å². The molecule has 1 atom stereocenters. The zero-order valence-electron chi connectivity index (χ0n) is 10.3. The van der Waals surface area contributed by atoms with Crippen molar-refractivity contribution in [2.24, 2.45) is 11.8 Å². The van der Waals surface area contributed by atoms with Gasteiger partial charge in [-0.3, -0.25) is 4.79 Å². The number of halogens is 1. The van der Waals surface area contributed by atoms with Gasteiger partial charge in [-0.15, -0.1) is 11.6 Å². The van der Waals surface area contributed by atoms with Crippen molar-refractivity contribution in [3.05, 3.63) is 0 Å². The molecule has 0 bridgehead atoms. The fourth-order valence-electron chi connectivity index (χ4n) is 1.33. The Labute approximate surface area is 98.8 Å². The molecule has 0 saturated heterocycles. The number of hydrogen-bond donors (Lipinski definition) is 1. The van der Waals surface area contributed by atoms with Crippen LogP contribution in [0, 0.1) is 11.8 Å². The predicted molar refractivity (Wildman–Crippen MR) is 66.2 cm³/mol. The summed E-state index contributed by atoms with van der Waals surface area (Å²) in [4.78, 5) is 11.4. The van der Waals surface area contributed by atoms with Crippen molar-refractivity contribution in [3.8, 4) is 0 Å². The minimum atomic E-state index is 0.0630. The van der Waals surface area contributed by atoms with Crippen molar-refractivity contribution in [2.75, 3.05) is 6.54 Å². The van der Waals surface area contributed by atoms with Gasteiger partial charge < -0.3 is 5.32 Å². The third-order valence-electron chi connectivity index (χ3n) is 2.20. The summed E-state index contributed by atoms with van der Waals surface area (Å²) in [6, 6.07) is 0. The van der Waals surface area contributed by atoms with E-state index in [9.17, 15) is 4.79 Å². The Bertz CT molecular complexity index is 180. The minimum Gasteiger partial charge on any atom is -0.355 e. The number of hydrogen-bond acceptors (Lipinski definition) is 1. The Morgan fingerprint density at radius 1 is 1.20 bits per heavy atom. The zero-order valence-corrected chi connectivity index (χ0v) is 11.1. The van der Waals surface area contributed by atoms with Crippen LogP contribution in [0.25, 0.3) is 0 Å². The van der Waals surface area contributed by atoms with E-state index in [-0.39, 0.29) is 11.3 Å². The van der Waals surface area contributed by atoms with E-state index in [1.54, 1.807) is 0 Å². The van der Waals surface area contributed by atoms with Crippen LogP contribution >= 0.6 is 11.6 Å². The molecule has 0 aromatic rings. The quantitative estimate of drug-likeness (QED) is 0.673. The molecule has 3 heteroatoms. The smallest absolute Gasteiger partial charge is 0.220 e.